The quantitative estimate of drug-likeness (QED) is 0.593. The van der Waals surface area contributed by atoms with E-state index in [-0.39, 0.29) is 6.04 Å². The molecule has 3 aliphatic rings. The van der Waals surface area contributed by atoms with Crippen LogP contribution in [0.3, 0.4) is 0 Å². The number of hydrogen-bond acceptors (Lipinski definition) is 5. The number of halogens is 1. The number of rotatable bonds is 4. The van der Waals surface area contributed by atoms with Gasteiger partial charge in [0.1, 0.15) is 5.15 Å². The topological polar surface area (TPSA) is 62.4 Å². The van der Waals surface area contributed by atoms with Gasteiger partial charge in [-0.15, -0.1) is 0 Å². The molecule has 2 unspecified atom stereocenters. The third kappa shape index (κ3) is 2.46. The van der Waals surface area contributed by atoms with Gasteiger partial charge in [-0.2, -0.15) is 5.10 Å². The molecule has 3 aliphatic heterocycles. The number of hydrazine groups is 1. The highest BCUT2D eigenvalue weighted by Crippen LogP contribution is 2.24. The van der Waals surface area contributed by atoms with E-state index in [0.717, 1.165) is 42.5 Å². The van der Waals surface area contributed by atoms with Crippen LogP contribution in [0, 0.1) is 6.92 Å². The monoisotopic (exact) mass is 298 g/mol. The van der Waals surface area contributed by atoms with Crippen LogP contribution in [0.4, 0.5) is 0 Å². The molecule has 6 nitrogen and oxygen atoms in total. The first-order valence-corrected chi connectivity index (χ1v) is 7.58. The summed E-state index contributed by atoms with van der Waals surface area (Å²) < 4.78 is 1.73. The zero-order valence-electron chi connectivity index (χ0n) is 12.1. The van der Waals surface area contributed by atoms with Gasteiger partial charge in [-0.25, -0.2) is 0 Å². The third-order valence-electron chi connectivity index (χ3n) is 4.69. The van der Waals surface area contributed by atoms with Crippen LogP contribution < -0.4 is 11.3 Å². The highest BCUT2D eigenvalue weighted by Gasteiger charge is 2.37. The molecule has 0 spiro atoms. The lowest BCUT2D eigenvalue weighted by atomic mass is 9.95. The fraction of sp³-hybridized carbons (Fsp3) is 0.769. The van der Waals surface area contributed by atoms with Crippen LogP contribution in [0.2, 0.25) is 5.15 Å². The van der Waals surface area contributed by atoms with Gasteiger partial charge in [0.25, 0.3) is 0 Å². The standard InChI is InChI=1S/C13H23ClN6/c1-9-10(13(14)18(2)17-9)7-11(16-15)12-8-19-3-5-20(12)6-4-19/h11-12,16H,3-8,15H2,1-2H3. The number of piperazine rings is 3. The molecule has 7 heteroatoms. The van der Waals surface area contributed by atoms with Crippen molar-refractivity contribution in [3.05, 3.63) is 16.4 Å². The Labute approximate surface area is 124 Å². The Morgan fingerprint density at radius 3 is 2.55 bits per heavy atom. The number of nitrogens with zero attached hydrogens (tertiary/aromatic N) is 4. The molecule has 1 aromatic heterocycles. The minimum atomic E-state index is 0.207. The number of nitrogens with one attached hydrogen (secondary N) is 1. The minimum absolute atomic E-state index is 0.207. The molecule has 2 atom stereocenters. The van der Waals surface area contributed by atoms with Crippen molar-refractivity contribution in [2.75, 3.05) is 32.7 Å². The lowest BCUT2D eigenvalue weighted by molar-refractivity contribution is -0.00316. The van der Waals surface area contributed by atoms with Gasteiger partial charge in [0.2, 0.25) is 0 Å². The van der Waals surface area contributed by atoms with Crippen LogP contribution >= 0.6 is 11.6 Å². The molecule has 112 valence electrons. The van der Waals surface area contributed by atoms with Gasteiger partial charge in [-0.05, 0) is 13.3 Å². The van der Waals surface area contributed by atoms with Crippen molar-refractivity contribution >= 4 is 11.6 Å². The van der Waals surface area contributed by atoms with E-state index in [2.05, 4.69) is 20.3 Å². The lowest BCUT2D eigenvalue weighted by Gasteiger charge is -2.50. The molecule has 4 rings (SSSR count). The SMILES string of the molecule is Cc1nn(C)c(Cl)c1CC(NN)C1CN2CCN1CC2. The van der Waals surface area contributed by atoms with E-state index in [1.165, 1.54) is 13.1 Å². The van der Waals surface area contributed by atoms with Gasteiger partial charge in [-0.1, -0.05) is 11.6 Å². The van der Waals surface area contributed by atoms with Crippen molar-refractivity contribution in [2.45, 2.75) is 25.4 Å². The summed E-state index contributed by atoms with van der Waals surface area (Å²) >= 11 is 6.34. The average Bonchev–Trinajstić information content (AvgIpc) is 2.71. The van der Waals surface area contributed by atoms with Crippen LogP contribution in [0.15, 0.2) is 0 Å². The maximum Gasteiger partial charge on any atom is 0.130 e. The van der Waals surface area contributed by atoms with E-state index in [1.807, 2.05) is 14.0 Å². The van der Waals surface area contributed by atoms with Gasteiger partial charge < -0.3 is 0 Å². The summed E-state index contributed by atoms with van der Waals surface area (Å²) in [7, 11) is 1.88. The first kappa shape index (κ1) is 14.3. The van der Waals surface area contributed by atoms with Crippen LogP contribution in [-0.4, -0.2) is 64.4 Å². The second kappa shape index (κ2) is 5.61. The van der Waals surface area contributed by atoms with E-state index < -0.39 is 0 Å². The maximum absolute atomic E-state index is 6.34. The smallest absolute Gasteiger partial charge is 0.130 e. The van der Waals surface area contributed by atoms with Gasteiger partial charge >= 0.3 is 0 Å². The molecule has 3 fully saturated rings. The molecule has 4 heterocycles. The Kier molecular flexibility index (Phi) is 4.01. The van der Waals surface area contributed by atoms with Gasteiger partial charge in [0.15, 0.2) is 0 Å². The zero-order valence-corrected chi connectivity index (χ0v) is 12.9. The number of nitrogens with two attached hydrogens (primary N) is 1. The van der Waals surface area contributed by atoms with Crippen LogP contribution in [0.5, 0.6) is 0 Å². The first-order chi connectivity index (χ1) is 9.60. The molecule has 0 aromatic carbocycles. The molecule has 0 amide bonds. The summed E-state index contributed by atoms with van der Waals surface area (Å²) in [5.74, 6) is 5.82. The zero-order chi connectivity index (χ0) is 14.3. The number of aryl methyl sites for hydroxylation is 2. The van der Waals surface area contributed by atoms with E-state index in [0.29, 0.717) is 6.04 Å². The van der Waals surface area contributed by atoms with E-state index >= 15 is 0 Å². The second-order valence-electron chi connectivity index (χ2n) is 5.86. The molecular weight excluding hydrogens is 276 g/mol. The molecule has 20 heavy (non-hydrogen) atoms. The van der Waals surface area contributed by atoms with Crippen LogP contribution in [0.1, 0.15) is 11.3 Å². The van der Waals surface area contributed by atoms with Crippen LogP contribution in [-0.2, 0) is 13.5 Å². The number of aromatic nitrogens is 2. The second-order valence-corrected chi connectivity index (χ2v) is 6.22. The van der Waals surface area contributed by atoms with Crippen molar-refractivity contribution < 1.29 is 0 Å². The van der Waals surface area contributed by atoms with Crippen LogP contribution in [0.25, 0.3) is 0 Å². The Hall–Kier alpha value is -0.660. The molecule has 3 saturated heterocycles. The molecule has 0 aliphatic carbocycles. The molecular formula is C13H23ClN6. The van der Waals surface area contributed by atoms with Crippen molar-refractivity contribution in [3.63, 3.8) is 0 Å². The largest absolute Gasteiger partial charge is 0.299 e. The molecule has 3 N–H and O–H groups in total. The van der Waals surface area contributed by atoms with E-state index in [4.69, 9.17) is 17.4 Å². The van der Waals surface area contributed by atoms with Gasteiger partial charge in [-0.3, -0.25) is 25.8 Å². The molecule has 1 aromatic rings. The Balaban J connectivity index is 1.77. The Morgan fingerprint density at radius 2 is 2.10 bits per heavy atom. The number of fused-ring (bicyclic) bond motifs is 3. The summed E-state index contributed by atoms with van der Waals surface area (Å²) in [5, 5.41) is 5.10. The molecule has 0 radical (unpaired) electrons. The van der Waals surface area contributed by atoms with Gasteiger partial charge in [0, 0.05) is 57.4 Å². The van der Waals surface area contributed by atoms with Gasteiger partial charge in [0.05, 0.1) is 5.69 Å². The average molecular weight is 299 g/mol. The van der Waals surface area contributed by atoms with Crippen molar-refractivity contribution in [3.8, 4) is 0 Å². The number of hydrogen-bond donors (Lipinski definition) is 2. The van der Waals surface area contributed by atoms with E-state index in [9.17, 15) is 0 Å². The summed E-state index contributed by atoms with van der Waals surface area (Å²) in [6.45, 7) is 7.74. The predicted octanol–water partition coefficient (Wildman–Crippen LogP) is -0.244. The summed E-state index contributed by atoms with van der Waals surface area (Å²) in [5.41, 5.74) is 5.11. The normalized spacial score (nSPS) is 30.7. The molecule has 0 saturated carbocycles. The van der Waals surface area contributed by atoms with E-state index in [1.54, 1.807) is 4.68 Å². The van der Waals surface area contributed by atoms with Crippen molar-refractivity contribution in [1.29, 1.82) is 0 Å². The summed E-state index contributed by atoms with van der Waals surface area (Å²) in [4.78, 5) is 5.07. The third-order valence-corrected chi connectivity index (χ3v) is 5.17. The Morgan fingerprint density at radius 1 is 1.40 bits per heavy atom. The highest BCUT2D eigenvalue weighted by molar-refractivity contribution is 6.30. The van der Waals surface area contributed by atoms with Crippen molar-refractivity contribution in [2.24, 2.45) is 12.9 Å². The lowest BCUT2D eigenvalue weighted by Crippen LogP contribution is -2.67. The first-order valence-electron chi connectivity index (χ1n) is 7.20. The molecule has 2 bridgehead atoms. The summed E-state index contributed by atoms with van der Waals surface area (Å²) in [6, 6.07) is 0.664. The minimum Gasteiger partial charge on any atom is -0.299 e. The fourth-order valence-corrected chi connectivity index (χ4v) is 3.72. The van der Waals surface area contributed by atoms with Crippen molar-refractivity contribution in [1.82, 2.24) is 25.0 Å². The summed E-state index contributed by atoms with van der Waals surface area (Å²) in [6.07, 6.45) is 0.823. The maximum atomic E-state index is 6.34. The predicted molar refractivity (Wildman–Crippen MR) is 79.6 cm³/mol. The fourth-order valence-electron chi connectivity index (χ4n) is 3.47. The highest BCUT2D eigenvalue weighted by atomic mass is 35.5. The Bertz CT molecular complexity index is 479.